The second kappa shape index (κ2) is 7.00. The molecule has 5 heteroatoms. The molecule has 0 spiro atoms. The Hall–Kier alpha value is -2.34. The number of hydrogen-bond acceptors (Lipinski definition) is 4. The van der Waals surface area contributed by atoms with Crippen molar-refractivity contribution in [3.05, 3.63) is 70.0 Å². The Balaban J connectivity index is 1.46. The fraction of sp³-hybridized carbons (Fsp3) is 0.0909. The van der Waals surface area contributed by atoms with Crippen molar-refractivity contribution in [2.24, 2.45) is 0 Å². The van der Waals surface area contributed by atoms with E-state index in [1.807, 2.05) is 28.2 Å². The van der Waals surface area contributed by atoms with Crippen molar-refractivity contribution in [2.75, 3.05) is 0 Å². The van der Waals surface area contributed by atoms with Gasteiger partial charge in [0.25, 0.3) is 5.01 Å². The summed E-state index contributed by atoms with van der Waals surface area (Å²) in [6, 6.07) is 19.5. The Morgan fingerprint density at radius 2 is 1.89 bits per heavy atom. The first kappa shape index (κ1) is 16.8. The van der Waals surface area contributed by atoms with Crippen molar-refractivity contribution in [2.45, 2.75) is 13.5 Å². The molecule has 27 heavy (non-hydrogen) atoms. The third-order valence-electron chi connectivity index (χ3n) is 4.59. The predicted molar refractivity (Wildman–Crippen MR) is 120 cm³/mol. The monoisotopic (exact) mass is 405 g/mol. The molecule has 3 aromatic heterocycles. The van der Waals surface area contributed by atoms with E-state index in [2.05, 4.69) is 83.2 Å². The van der Waals surface area contributed by atoms with Crippen LogP contribution in [-0.4, -0.2) is 4.98 Å². The van der Waals surface area contributed by atoms with E-state index in [0.717, 1.165) is 12.1 Å². The van der Waals surface area contributed by atoms with Gasteiger partial charge in [0.1, 0.15) is 11.2 Å². The van der Waals surface area contributed by atoms with Crippen LogP contribution in [0.2, 0.25) is 0 Å². The van der Waals surface area contributed by atoms with Crippen molar-refractivity contribution < 1.29 is 4.57 Å². The molecule has 2 nitrogen and oxygen atoms in total. The van der Waals surface area contributed by atoms with Crippen LogP contribution in [0.3, 0.4) is 0 Å². The number of thiazole rings is 2. The number of rotatable bonds is 4. The number of fused-ring (bicyclic) bond motifs is 2. The highest BCUT2D eigenvalue weighted by molar-refractivity contribution is 7.19. The van der Waals surface area contributed by atoms with Crippen LogP contribution in [0.25, 0.3) is 43.0 Å². The third kappa shape index (κ3) is 3.12. The smallest absolute Gasteiger partial charge is 0.245 e. The van der Waals surface area contributed by atoms with Gasteiger partial charge in [0.2, 0.25) is 5.52 Å². The molecule has 3 heterocycles. The molecule has 0 amide bonds. The quantitative estimate of drug-likeness (QED) is 0.303. The highest BCUT2D eigenvalue weighted by Gasteiger charge is 2.16. The molecule has 0 aliphatic rings. The molecule has 0 aliphatic carbocycles. The summed E-state index contributed by atoms with van der Waals surface area (Å²) < 4.78 is 4.96. The molecule has 0 bridgehead atoms. The normalized spacial score (nSPS) is 11.9. The average Bonchev–Trinajstić information content (AvgIpc) is 3.42. The van der Waals surface area contributed by atoms with E-state index in [9.17, 15) is 0 Å². The van der Waals surface area contributed by atoms with E-state index >= 15 is 0 Å². The van der Waals surface area contributed by atoms with Crippen LogP contribution in [0, 0.1) is 0 Å². The van der Waals surface area contributed by atoms with E-state index < -0.39 is 0 Å². The second-order valence-electron chi connectivity index (χ2n) is 6.22. The third-order valence-corrected chi connectivity index (χ3v) is 7.61. The minimum atomic E-state index is 0.980. The number of para-hydroxylation sites is 1. The summed E-state index contributed by atoms with van der Waals surface area (Å²) in [4.78, 5) is 6.93. The summed E-state index contributed by atoms with van der Waals surface area (Å²) in [5.74, 6) is 0. The molecular formula is C22H17N2S3+. The van der Waals surface area contributed by atoms with Crippen LogP contribution in [-0.2, 0) is 6.54 Å². The minimum absolute atomic E-state index is 0.980. The molecule has 2 aromatic carbocycles. The molecule has 0 radical (unpaired) electrons. The fourth-order valence-corrected chi connectivity index (χ4v) is 6.01. The maximum Gasteiger partial charge on any atom is 0.262 e. The topological polar surface area (TPSA) is 16.8 Å². The Morgan fingerprint density at radius 1 is 0.963 bits per heavy atom. The first-order valence-electron chi connectivity index (χ1n) is 8.85. The van der Waals surface area contributed by atoms with Crippen molar-refractivity contribution in [3.63, 3.8) is 0 Å². The van der Waals surface area contributed by atoms with Crippen molar-refractivity contribution >= 4 is 66.6 Å². The highest BCUT2D eigenvalue weighted by Crippen LogP contribution is 2.32. The zero-order chi connectivity index (χ0) is 18.2. The summed E-state index contributed by atoms with van der Waals surface area (Å²) >= 11 is 5.37. The number of hydrogen-bond donors (Lipinski definition) is 0. The van der Waals surface area contributed by atoms with Gasteiger partial charge in [-0.1, -0.05) is 29.5 Å². The van der Waals surface area contributed by atoms with Crippen LogP contribution < -0.4 is 4.57 Å². The van der Waals surface area contributed by atoms with E-state index in [1.54, 1.807) is 11.3 Å². The van der Waals surface area contributed by atoms with E-state index in [0.29, 0.717) is 0 Å². The molecule has 0 fully saturated rings. The van der Waals surface area contributed by atoms with Gasteiger partial charge in [-0.05, 0) is 48.9 Å². The largest absolute Gasteiger partial charge is 0.262 e. The summed E-state index contributed by atoms with van der Waals surface area (Å²) in [6.45, 7) is 3.18. The Kier molecular flexibility index (Phi) is 4.36. The summed E-state index contributed by atoms with van der Waals surface area (Å²) in [5.41, 5.74) is 5.57. The van der Waals surface area contributed by atoms with Crippen molar-refractivity contribution in [1.82, 2.24) is 4.98 Å². The van der Waals surface area contributed by atoms with Crippen molar-refractivity contribution in [3.8, 4) is 10.4 Å². The fourth-order valence-electron chi connectivity index (χ4n) is 3.26. The van der Waals surface area contributed by atoms with Gasteiger partial charge in [0.15, 0.2) is 0 Å². The van der Waals surface area contributed by atoms with Gasteiger partial charge in [-0.25, -0.2) is 4.98 Å². The Labute approximate surface area is 169 Å². The maximum absolute atomic E-state index is 4.37. The van der Waals surface area contributed by atoms with E-state index in [4.69, 9.17) is 0 Å². The zero-order valence-electron chi connectivity index (χ0n) is 14.8. The molecule has 0 atom stereocenters. The lowest BCUT2D eigenvalue weighted by molar-refractivity contribution is -0.665. The first-order chi connectivity index (χ1) is 13.3. The number of aryl methyl sites for hydroxylation is 1. The molecular weight excluding hydrogens is 388 g/mol. The number of benzene rings is 2. The van der Waals surface area contributed by atoms with Gasteiger partial charge >= 0.3 is 0 Å². The van der Waals surface area contributed by atoms with Gasteiger partial charge in [-0.3, -0.25) is 0 Å². The number of aromatic nitrogens is 2. The minimum Gasteiger partial charge on any atom is -0.245 e. The van der Waals surface area contributed by atoms with Gasteiger partial charge in [0.05, 0.1) is 15.7 Å². The summed E-state index contributed by atoms with van der Waals surface area (Å²) in [5, 5.41) is 1.29. The second-order valence-corrected chi connectivity index (χ2v) is 9.29. The number of nitrogens with zero attached hydrogens (tertiary/aromatic N) is 2. The first-order valence-corrected chi connectivity index (χ1v) is 11.4. The van der Waals surface area contributed by atoms with Gasteiger partial charge in [-0.2, -0.15) is 4.57 Å². The lowest BCUT2D eigenvalue weighted by atomic mass is 10.2. The lowest BCUT2D eigenvalue weighted by Crippen LogP contribution is -2.33. The van der Waals surface area contributed by atoms with Gasteiger partial charge < -0.3 is 0 Å². The van der Waals surface area contributed by atoms with Crippen LogP contribution in [0.4, 0.5) is 0 Å². The molecule has 0 N–H and O–H groups in total. The van der Waals surface area contributed by atoms with E-state index in [-0.39, 0.29) is 0 Å². The van der Waals surface area contributed by atoms with Gasteiger partial charge in [-0.15, -0.1) is 22.7 Å². The Morgan fingerprint density at radius 3 is 2.81 bits per heavy atom. The molecule has 0 saturated carbocycles. The molecule has 5 rings (SSSR count). The SMILES string of the molecule is CC[n+]1c(/C=C/c2ccc(-c3ccc4ncsc4c3)s2)sc2ccccc21. The highest BCUT2D eigenvalue weighted by atomic mass is 32.1. The predicted octanol–water partition coefficient (Wildman–Crippen LogP) is 6.72. The molecule has 0 aliphatic heterocycles. The van der Waals surface area contributed by atoms with Crippen LogP contribution >= 0.6 is 34.0 Å². The zero-order valence-corrected chi connectivity index (χ0v) is 17.2. The van der Waals surface area contributed by atoms with Gasteiger partial charge in [0, 0.05) is 21.9 Å². The van der Waals surface area contributed by atoms with Crippen LogP contribution in [0.15, 0.2) is 60.1 Å². The summed E-state index contributed by atoms with van der Waals surface area (Å²) in [6.07, 6.45) is 4.48. The Bertz CT molecular complexity index is 1270. The molecule has 0 unspecified atom stereocenters. The standard InChI is InChI=1S/C22H17N2S3/c1-2-24-18-5-3-4-6-20(18)27-22(24)12-9-16-8-11-19(26-16)15-7-10-17-21(13-15)25-14-23-17/h3-14H,2H2,1H3/q+1. The molecule has 132 valence electrons. The number of thiophene rings is 1. The molecule has 0 saturated heterocycles. The van der Waals surface area contributed by atoms with Crippen LogP contribution in [0.5, 0.6) is 0 Å². The lowest BCUT2D eigenvalue weighted by Gasteiger charge is -1.96. The average molecular weight is 406 g/mol. The molecule has 5 aromatic rings. The van der Waals surface area contributed by atoms with E-state index in [1.165, 1.54) is 35.2 Å². The summed E-state index contributed by atoms with van der Waals surface area (Å²) in [7, 11) is 0. The van der Waals surface area contributed by atoms with Crippen molar-refractivity contribution in [1.29, 1.82) is 0 Å². The maximum atomic E-state index is 4.37. The van der Waals surface area contributed by atoms with Crippen LogP contribution in [0.1, 0.15) is 16.8 Å².